The summed E-state index contributed by atoms with van der Waals surface area (Å²) in [6.07, 6.45) is 2.06. The Morgan fingerprint density at radius 3 is 2.45 bits per heavy atom. The first kappa shape index (κ1) is 20.9. The first-order chi connectivity index (χ1) is 16.0. The number of aromatic nitrogens is 1. The third-order valence-electron chi connectivity index (χ3n) is 5.27. The van der Waals surface area contributed by atoms with Gasteiger partial charge in [0.1, 0.15) is 13.2 Å². The summed E-state index contributed by atoms with van der Waals surface area (Å²) in [5.41, 5.74) is 2.84. The van der Waals surface area contributed by atoms with E-state index in [0.29, 0.717) is 36.1 Å². The molecule has 0 unspecified atom stereocenters. The number of anilines is 2. The SMILES string of the molecule is O=C(Cc1c[nH]c2ccccc12)Nc1ccc(NS(=O)(=O)c2ccc3c(c2)OCCO3)cc1. The average Bonchev–Trinajstić information content (AvgIpc) is 3.22. The van der Waals surface area contributed by atoms with Crippen LogP contribution in [0.1, 0.15) is 5.56 Å². The zero-order chi connectivity index (χ0) is 22.8. The highest BCUT2D eigenvalue weighted by Gasteiger charge is 2.19. The minimum absolute atomic E-state index is 0.0721. The molecule has 0 saturated carbocycles. The van der Waals surface area contributed by atoms with Crippen molar-refractivity contribution in [3.05, 3.63) is 78.5 Å². The number of hydrogen-bond donors (Lipinski definition) is 3. The van der Waals surface area contributed by atoms with E-state index in [2.05, 4.69) is 15.0 Å². The van der Waals surface area contributed by atoms with Crippen molar-refractivity contribution in [2.75, 3.05) is 23.3 Å². The number of amides is 1. The molecule has 1 aromatic heterocycles. The Balaban J connectivity index is 1.24. The second kappa shape index (κ2) is 8.51. The highest BCUT2D eigenvalue weighted by Crippen LogP contribution is 2.32. The van der Waals surface area contributed by atoms with Gasteiger partial charge in [0.2, 0.25) is 5.91 Å². The van der Waals surface area contributed by atoms with Gasteiger partial charge >= 0.3 is 0 Å². The number of rotatable bonds is 6. The lowest BCUT2D eigenvalue weighted by molar-refractivity contribution is -0.115. The van der Waals surface area contributed by atoms with Crippen LogP contribution in [0.4, 0.5) is 11.4 Å². The molecule has 0 radical (unpaired) electrons. The summed E-state index contributed by atoms with van der Waals surface area (Å²) in [5, 5.41) is 3.85. The number of fused-ring (bicyclic) bond motifs is 2. The fourth-order valence-corrected chi connectivity index (χ4v) is 4.76. The van der Waals surface area contributed by atoms with Crippen molar-refractivity contribution in [2.24, 2.45) is 0 Å². The molecule has 0 aliphatic carbocycles. The zero-order valence-corrected chi connectivity index (χ0v) is 18.3. The molecular weight excluding hydrogens is 442 g/mol. The van der Waals surface area contributed by atoms with Gasteiger partial charge in [-0.25, -0.2) is 8.42 Å². The van der Waals surface area contributed by atoms with Gasteiger partial charge in [0.25, 0.3) is 10.0 Å². The number of ether oxygens (including phenoxy) is 2. The predicted molar refractivity (Wildman–Crippen MR) is 125 cm³/mol. The molecule has 3 N–H and O–H groups in total. The molecule has 0 atom stereocenters. The normalized spacial score (nSPS) is 13.0. The smallest absolute Gasteiger partial charge is 0.262 e. The van der Waals surface area contributed by atoms with Crippen molar-refractivity contribution in [3.63, 3.8) is 0 Å². The van der Waals surface area contributed by atoms with Gasteiger partial charge in [-0.2, -0.15) is 0 Å². The van der Waals surface area contributed by atoms with Crippen LogP contribution in [0.5, 0.6) is 11.5 Å². The second-order valence-electron chi connectivity index (χ2n) is 7.57. The number of aromatic amines is 1. The van der Waals surface area contributed by atoms with Crippen molar-refractivity contribution >= 4 is 38.2 Å². The maximum atomic E-state index is 12.8. The first-order valence-electron chi connectivity index (χ1n) is 10.4. The summed E-state index contributed by atoms with van der Waals surface area (Å²) in [7, 11) is -3.81. The molecule has 8 nitrogen and oxygen atoms in total. The Kier molecular flexibility index (Phi) is 5.39. The molecule has 0 saturated heterocycles. The number of carbonyl (C=O) groups excluding carboxylic acids is 1. The number of benzene rings is 3. The van der Waals surface area contributed by atoms with Crippen LogP contribution in [-0.4, -0.2) is 32.5 Å². The first-order valence-corrected chi connectivity index (χ1v) is 11.8. The summed E-state index contributed by atoms with van der Waals surface area (Å²) < 4.78 is 38.9. The number of carbonyl (C=O) groups is 1. The largest absolute Gasteiger partial charge is 0.486 e. The van der Waals surface area contributed by atoms with Crippen LogP contribution in [-0.2, 0) is 21.2 Å². The van der Waals surface area contributed by atoms with E-state index in [1.165, 1.54) is 12.1 Å². The maximum absolute atomic E-state index is 12.8. The molecule has 168 valence electrons. The Morgan fingerprint density at radius 2 is 1.64 bits per heavy atom. The van der Waals surface area contributed by atoms with E-state index >= 15 is 0 Å². The minimum Gasteiger partial charge on any atom is -0.486 e. The molecule has 1 aliphatic rings. The lowest BCUT2D eigenvalue weighted by Crippen LogP contribution is -2.17. The number of hydrogen-bond acceptors (Lipinski definition) is 5. The second-order valence-corrected chi connectivity index (χ2v) is 9.26. The van der Waals surface area contributed by atoms with E-state index < -0.39 is 10.0 Å². The Labute approximate surface area is 190 Å². The molecule has 3 aromatic carbocycles. The van der Waals surface area contributed by atoms with Crippen molar-refractivity contribution < 1.29 is 22.7 Å². The lowest BCUT2D eigenvalue weighted by Gasteiger charge is -2.19. The van der Waals surface area contributed by atoms with Crippen molar-refractivity contribution in [3.8, 4) is 11.5 Å². The van der Waals surface area contributed by atoms with Crippen LogP contribution >= 0.6 is 0 Å². The number of nitrogens with one attached hydrogen (secondary N) is 3. The van der Waals surface area contributed by atoms with E-state index in [1.807, 2.05) is 30.5 Å². The summed E-state index contributed by atoms with van der Waals surface area (Å²) in [6, 6.07) is 18.8. The Hall–Kier alpha value is -3.98. The summed E-state index contributed by atoms with van der Waals surface area (Å²) >= 11 is 0. The number of H-pyrrole nitrogens is 1. The van der Waals surface area contributed by atoms with Gasteiger partial charge < -0.3 is 19.8 Å². The van der Waals surface area contributed by atoms with E-state index in [9.17, 15) is 13.2 Å². The van der Waals surface area contributed by atoms with E-state index in [1.54, 1.807) is 30.3 Å². The fraction of sp³-hybridized carbons (Fsp3) is 0.125. The molecule has 9 heteroatoms. The minimum atomic E-state index is -3.81. The summed E-state index contributed by atoms with van der Waals surface area (Å²) in [5.74, 6) is 0.759. The van der Waals surface area contributed by atoms with Crippen LogP contribution in [0, 0.1) is 0 Å². The van der Waals surface area contributed by atoms with E-state index in [-0.39, 0.29) is 17.2 Å². The van der Waals surface area contributed by atoms with Gasteiger partial charge in [0.15, 0.2) is 11.5 Å². The zero-order valence-electron chi connectivity index (χ0n) is 17.5. The Bertz CT molecular complexity index is 1430. The molecule has 4 aromatic rings. The molecule has 0 fully saturated rings. The standard InChI is InChI=1S/C24H21N3O5S/c28-24(13-16-15-25-21-4-2-1-3-20(16)21)26-17-5-7-18(8-6-17)27-33(29,30)19-9-10-22-23(14-19)32-12-11-31-22/h1-10,14-15,25,27H,11-13H2,(H,26,28). The van der Waals surface area contributed by atoms with Gasteiger partial charge in [-0.3, -0.25) is 9.52 Å². The van der Waals surface area contributed by atoms with Crippen LogP contribution in [0.3, 0.4) is 0 Å². The van der Waals surface area contributed by atoms with Crippen LogP contribution < -0.4 is 19.5 Å². The number of para-hydroxylation sites is 1. The van der Waals surface area contributed by atoms with E-state index in [0.717, 1.165) is 16.5 Å². The van der Waals surface area contributed by atoms with Crippen LogP contribution in [0.2, 0.25) is 0 Å². The predicted octanol–water partition coefficient (Wildman–Crippen LogP) is 3.92. The third-order valence-corrected chi connectivity index (χ3v) is 6.65. The van der Waals surface area contributed by atoms with Crippen LogP contribution in [0.15, 0.2) is 77.8 Å². The topological polar surface area (TPSA) is 110 Å². The number of sulfonamides is 1. The van der Waals surface area contributed by atoms with Gasteiger partial charge in [-0.15, -0.1) is 0 Å². The molecule has 5 rings (SSSR count). The van der Waals surface area contributed by atoms with Gasteiger partial charge in [-0.05, 0) is 48.0 Å². The molecule has 1 amide bonds. The summed E-state index contributed by atoms with van der Waals surface area (Å²) in [6.45, 7) is 0.805. The maximum Gasteiger partial charge on any atom is 0.262 e. The van der Waals surface area contributed by atoms with Gasteiger partial charge in [0, 0.05) is 34.5 Å². The highest BCUT2D eigenvalue weighted by atomic mass is 32.2. The van der Waals surface area contributed by atoms with Crippen molar-refractivity contribution in [2.45, 2.75) is 11.3 Å². The molecule has 0 bridgehead atoms. The average molecular weight is 464 g/mol. The van der Waals surface area contributed by atoms with Gasteiger partial charge in [-0.1, -0.05) is 18.2 Å². The molecule has 33 heavy (non-hydrogen) atoms. The quantitative estimate of drug-likeness (QED) is 0.402. The third kappa shape index (κ3) is 4.49. The molecule has 2 heterocycles. The highest BCUT2D eigenvalue weighted by molar-refractivity contribution is 7.92. The summed E-state index contributed by atoms with van der Waals surface area (Å²) in [4.78, 5) is 15.7. The molecule has 0 spiro atoms. The van der Waals surface area contributed by atoms with Crippen LogP contribution in [0.25, 0.3) is 10.9 Å². The molecule has 1 aliphatic heterocycles. The lowest BCUT2D eigenvalue weighted by atomic mass is 10.1. The van der Waals surface area contributed by atoms with Crippen molar-refractivity contribution in [1.82, 2.24) is 4.98 Å². The van der Waals surface area contributed by atoms with Gasteiger partial charge in [0.05, 0.1) is 11.3 Å². The fourth-order valence-electron chi connectivity index (χ4n) is 3.68. The monoisotopic (exact) mass is 463 g/mol. The Morgan fingerprint density at radius 1 is 0.909 bits per heavy atom. The molecular formula is C24H21N3O5S. The van der Waals surface area contributed by atoms with E-state index in [4.69, 9.17) is 9.47 Å². The van der Waals surface area contributed by atoms with Crippen molar-refractivity contribution in [1.29, 1.82) is 0 Å².